The molecular formula is C27H26F3N7O7S. The first kappa shape index (κ1) is 30.6. The number of hydrogen-bond donors (Lipinski definition) is 1. The summed E-state index contributed by atoms with van der Waals surface area (Å²) in [5.41, 5.74) is 7.22. The Morgan fingerprint density at radius 3 is 2.58 bits per heavy atom. The van der Waals surface area contributed by atoms with Gasteiger partial charge in [-0.1, -0.05) is 34.5 Å². The Morgan fingerprint density at radius 2 is 1.87 bits per heavy atom. The van der Waals surface area contributed by atoms with Crippen LogP contribution in [-0.4, -0.2) is 86.0 Å². The second kappa shape index (κ2) is 11.8. The molecular weight excluding hydrogens is 623 g/mol. The highest BCUT2D eigenvalue weighted by molar-refractivity contribution is 7.91. The van der Waals surface area contributed by atoms with Gasteiger partial charge in [-0.2, -0.15) is 18.2 Å². The predicted octanol–water partition coefficient (Wildman–Crippen LogP) is 2.30. The molecule has 238 valence electrons. The molecule has 0 spiro atoms. The minimum Gasteiger partial charge on any atom is -0.403 e. The number of carbonyl (C=O) groups excluding carboxylic acids is 1. The largest absolute Gasteiger partial charge is 0.471 e. The van der Waals surface area contributed by atoms with Crippen LogP contribution in [0.2, 0.25) is 0 Å². The van der Waals surface area contributed by atoms with Crippen LogP contribution in [0.25, 0.3) is 22.8 Å². The number of amides is 1. The lowest BCUT2D eigenvalue weighted by Crippen LogP contribution is -2.45. The highest BCUT2D eigenvalue weighted by atomic mass is 32.2. The summed E-state index contributed by atoms with van der Waals surface area (Å²) in [7, 11) is -2.39. The van der Waals surface area contributed by atoms with Crippen LogP contribution in [0.5, 0.6) is 0 Å². The van der Waals surface area contributed by atoms with Crippen molar-refractivity contribution >= 4 is 27.4 Å². The summed E-state index contributed by atoms with van der Waals surface area (Å²) < 4.78 is 86.1. The third kappa shape index (κ3) is 6.26. The zero-order valence-corrected chi connectivity index (χ0v) is 24.4. The van der Waals surface area contributed by atoms with Crippen LogP contribution in [-0.2, 0) is 36.8 Å². The molecule has 18 heteroatoms. The maximum Gasteiger partial charge on any atom is 0.471 e. The molecule has 2 aliphatic heterocycles. The van der Waals surface area contributed by atoms with E-state index in [1.54, 1.807) is 19.2 Å². The van der Waals surface area contributed by atoms with Crippen molar-refractivity contribution < 1.29 is 44.8 Å². The number of aromatic nitrogens is 4. The van der Waals surface area contributed by atoms with Crippen molar-refractivity contribution in [2.75, 3.05) is 49.0 Å². The van der Waals surface area contributed by atoms with Gasteiger partial charge in [0.05, 0.1) is 54.8 Å². The molecule has 4 aromatic rings. The van der Waals surface area contributed by atoms with Crippen LogP contribution < -0.4 is 15.5 Å². The Labute approximate surface area is 253 Å². The predicted molar refractivity (Wildman–Crippen MR) is 150 cm³/mol. The van der Waals surface area contributed by atoms with Crippen molar-refractivity contribution in [1.29, 1.82) is 0 Å². The number of sulfone groups is 1. The fraction of sp³-hybridized carbons (Fsp3) is 0.370. The van der Waals surface area contributed by atoms with Crippen LogP contribution in [0, 0.1) is 0 Å². The first-order chi connectivity index (χ1) is 21.4. The Bertz CT molecular complexity index is 1810. The molecule has 0 bridgehead atoms. The average Bonchev–Trinajstić information content (AvgIpc) is 3.70. The van der Waals surface area contributed by atoms with E-state index in [1.165, 1.54) is 35.2 Å². The molecule has 14 nitrogen and oxygen atoms in total. The van der Waals surface area contributed by atoms with E-state index < -0.39 is 39.6 Å². The van der Waals surface area contributed by atoms with Gasteiger partial charge < -0.3 is 33.9 Å². The van der Waals surface area contributed by atoms with Gasteiger partial charge in [-0.25, -0.2) is 8.42 Å². The summed E-state index contributed by atoms with van der Waals surface area (Å²) in [5.74, 6) is -2.89. The van der Waals surface area contributed by atoms with E-state index in [0.717, 1.165) is 0 Å². The summed E-state index contributed by atoms with van der Waals surface area (Å²) in [6.07, 6.45) is -4.97. The smallest absolute Gasteiger partial charge is 0.403 e. The number of ether oxygens (including phenoxy) is 2. The minimum absolute atomic E-state index is 0.0637. The second-order valence-corrected chi connectivity index (χ2v) is 12.4. The average molecular weight is 650 g/mol. The van der Waals surface area contributed by atoms with Crippen molar-refractivity contribution in [3.63, 3.8) is 0 Å². The van der Waals surface area contributed by atoms with Gasteiger partial charge in [0.25, 0.3) is 0 Å². The van der Waals surface area contributed by atoms with Gasteiger partial charge in [0.2, 0.25) is 17.6 Å². The number of nitrogens with two attached hydrogens (primary N) is 1. The zero-order chi connectivity index (χ0) is 31.9. The lowest BCUT2D eigenvalue weighted by molar-refractivity contribution is -0.159. The van der Waals surface area contributed by atoms with E-state index in [0.29, 0.717) is 37.4 Å². The summed E-state index contributed by atoms with van der Waals surface area (Å²) in [5, 5.41) is 11.7. The molecule has 2 atom stereocenters. The van der Waals surface area contributed by atoms with Crippen molar-refractivity contribution in [3.8, 4) is 22.8 Å². The van der Waals surface area contributed by atoms with Gasteiger partial charge in [-0.3, -0.25) is 4.79 Å². The summed E-state index contributed by atoms with van der Waals surface area (Å²) >= 11 is 0. The quantitative estimate of drug-likeness (QED) is 0.308. The van der Waals surface area contributed by atoms with E-state index in [9.17, 15) is 26.4 Å². The number of rotatable bonds is 7. The fourth-order valence-electron chi connectivity index (χ4n) is 5.04. The zero-order valence-electron chi connectivity index (χ0n) is 23.6. The number of anilines is 2. The minimum atomic E-state index is -4.79. The molecule has 0 radical (unpaired) electrons. The number of carbonyl (C=O) groups is 1. The molecule has 2 aromatic heterocycles. The maximum absolute atomic E-state index is 13.4. The van der Waals surface area contributed by atoms with Gasteiger partial charge >= 0.3 is 18.1 Å². The monoisotopic (exact) mass is 649 g/mol. The van der Waals surface area contributed by atoms with Crippen LogP contribution in [0.3, 0.4) is 0 Å². The van der Waals surface area contributed by atoms with E-state index >= 15 is 0 Å². The van der Waals surface area contributed by atoms with Gasteiger partial charge in [0.1, 0.15) is 0 Å². The number of benzene rings is 2. The molecule has 1 amide bonds. The Hall–Kier alpha value is -4.39. The molecule has 0 saturated carbocycles. The molecule has 1 saturated heterocycles. The number of halogens is 3. The maximum atomic E-state index is 13.4. The molecule has 1 fully saturated rings. The van der Waals surface area contributed by atoms with Gasteiger partial charge in [-0.15, -0.1) is 5.10 Å². The van der Waals surface area contributed by atoms with Crippen LogP contribution in [0.15, 0.2) is 56.3 Å². The van der Waals surface area contributed by atoms with Crippen molar-refractivity contribution in [2.24, 2.45) is 5.73 Å². The van der Waals surface area contributed by atoms with Crippen molar-refractivity contribution in [1.82, 2.24) is 20.3 Å². The molecule has 2 N–H and O–H groups in total. The molecule has 1 unspecified atom stereocenters. The van der Waals surface area contributed by atoms with Gasteiger partial charge in [-0.05, 0) is 23.8 Å². The van der Waals surface area contributed by atoms with Gasteiger partial charge in [0.15, 0.2) is 9.84 Å². The number of alkyl halides is 3. The highest BCUT2D eigenvalue weighted by Crippen LogP contribution is 2.36. The third-order valence-corrected chi connectivity index (χ3v) is 9.02. The summed E-state index contributed by atoms with van der Waals surface area (Å²) in [4.78, 5) is 19.8. The van der Waals surface area contributed by atoms with Crippen LogP contribution >= 0.6 is 0 Å². The topological polar surface area (TPSA) is 180 Å². The van der Waals surface area contributed by atoms with E-state index in [1.807, 2.05) is 4.90 Å². The Balaban J connectivity index is 1.30. The van der Waals surface area contributed by atoms with Crippen molar-refractivity contribution in [2.45, 2.75) is 29.8 Å². The molecule has 45 heavy (non-hydrogen) atoms. The van der Waals surface area contributed by atoms with Gasteiger partial charge in [0, 0.05) is 24.8 Å². The van der Waals surface area contributed by atoms with Crippen molar-refractivity contribution in [3.05, 3.63) is 53.9 Å². The lowest BCUT2D eigenvalue weighted by atomic mass is 10.1. The third-order valence-electron chi connectivity index (χ3n) is 7.21. The molecule has 2 aliphatic rings. The number of hydrogen-bond acceptors (Lipinski definition) is 13. The van der Waals surface area contributed by atoms with Crippen LogP contribution in [0.4, 0.5) is 24.9 Å². The fourth-order valence-corrected chi connectivity index (χ4v) is 6.60. The summed E-state index contributed by atoms with van der Waals surface area (Å²) in [6.45, 7) is 1.70. The summed E-state index contributed by atoms with van der Waals surface area (Å²) in [6, 6.07) is 9.25. The normalized spacial score (nSPS) is 20.2. The number of fused-ring (bicyclic) bond motifs is 1. The first-order valence-corrected chi connectivity index (χ1v) is 15.2. The molecule has 4 heterocycles. The number of morpholine rings is 1. The molecule has 6 rings (SSSR count). The van der Waals surface area contributed by atoms with E-state index in [2.05, 4.69) is 24.9 Å². The Kier molecular flexibility index (Phi) is 8.06. The number of methoxy groups -OCH3 is 1. The lowest BCUT2D eigenvalue weighted by Gasteiger charge is -2.31. The Morgan fingerprint density at radius 1 is 1.11 bits per heavy atom. The molecule has 2 aromatic carbocycles. The highest BCUT2D eigenvalue weighted by Gasteiger charge is 2.39. The van der Waals surface area contributed by atoms with E-state index in [-0.39, 0.29) is 46.5 Å². The molecule has 0 aliphatic carbocycles. The van der Waals surface area contributed by atoms with E-state index in [4.69, 9.17) is 19.6 Å². The second-order valence-electron chi connectivity index (χ2n) is 10.4. The standard InChI is InChI=1S/C27H26F3N7O7S/c1-41-13-18-12-36(8-9-42-18)26-34-33-23(43-26)17-6-7-21-20(10-17)37(24(38)19(31)14-45(21,39)40)11-15-2-4-16(5-3-15)22-32-25(44-35-22)27(28,29)30/h2-7,10,18-19H,8-9,11-14,31H2,1H3/t18?,19-/m0/s1. The SMILES string of the molecule is COCC1CN(c2nnc(-c3ccc4c(c3)N(Cc3ccc(-c5noc(C(F)(F)F)n5)cc3)C(=O)[C@@H](N)CS4(=O)=O)o2)CCO1. The van der Waals surface area contributed by atoms with Crippen LogP contribution in [0.1, 0.15) is 11.5 Å². The first-order valence-electron chi connectivity index (χ1n) is 13.6. The number of nitrogens with zero attached hydrogens (tertiary/aromatic N) is 6.